The molecule has 0 aliphatic carbocycles. The molecule has 0 radical (unpaired) electrons. The minimum Gasteiger partial charge on any atom is -0.465 e. The zero-order valence-electron chi connectivity index (χ0n) is 10.8. The first kappa shape index (κ1) is 15.5. The molecule has 0 aliphatic heterocycles. The first-order valence-electron chi connectivity index (χ1n) is 5.68. The van der Waals surface area contributed by atoms with E-state index in [2.05, 4.69) is 25.7 Å². The molecule has 1 aromatic heterocycles. The molecule has 0 bridgehead atoms. The van der Waals surface area contributed by atoms with Crippen LogP contribution in [0.25, 0.3) is 0 Å². The summed E-state index contributed by atoms with van der Waals surface area (Å²) in [4.78, 5) is 26.6. The Morgan fingerprint density at radius 3 is 2.81 bits per heavy atom. The smallest absolute Gasteiger partial charge is 0.337 e. The molecule has 0 saturated heterocycles. The monoisotopic (exact) mass is 368 g/mol. The van der Waals surface area contributed by atoms with Crippen LogP contribution in [0.2, 0.25) is 0 Å². The van der Waals surface area contributed by atoms with E-state index >= 15 is 0 Å². The second-order valence-electron chi connectivity index (χ2n) is 3.82. The van der Waals surface area contributed by atoms with Crippen LogP contribution in [0.4, 0.5) is 5.69 Å². The molecule has 1 heterocycles. The molecule has 2 aromatic rings. The van der Waals surface area contributed by atoms with Crippen molar-refractivity contribution in [3.8, 4) is 0 Å². The van der Waals surface area contributed by atoms with E-state index in [9.17, 15) is 14.9 Å². The second kappa shape index (κ2) is 6.68. The number of benzene rings is 1. The predicted molar refractivity (Wildman–Crippen MR) is 80.5 cm³/mol. The van der Waals surface area contributed by atoms with Crippen molar-refractivity contribution < 1.29 is 14.5 Å². The van der Waals surface area contributed by atoms with Gasteiger partial charge in [-0.3, -0.25) is 10.1 Å². The fourth-order valence-electron chi connectivity index (χ4n) is 1.54. The van der Waals surface area contributed by atoms with E-state index in [1.165, 1.54) is 25.3 Å². The van der Waals surface area contributed by atoms with Crippen molar-refractivity contribution in [3.05, 3.63) is 56.7 Å². The molecule has 108 valence electrons. The third-order valence-corrected chi connectivity index (χ3v) is 4.48. The van der Waals surface area contributed by atoms with E-state index < -0.39 is 10.9 Å². The number of aromatic nitrogens is 1. The van der Waals surface area contributed by atoms with Gasteiger partial charge >= 0.3 is 5.97 Å². The van der Waals surface area contributed by atoms with E-state index in [0.717, 1.165) is 11.8 Å². The Morgan fingerprint density at radius 2 is 2.19 bits per heavy atom. The number of pyridine rings is 1. The van der Waals surface area contributed by atoms with Gasteiger partial charge in [0.05, 0.1) is 27.0 Å². The van der Waals surface area contributed by atoms with Gasteiger partial charge in [-0.05, 0) is 40.2 Å². The van der Waals surface area contributed by atoms with Crippen molar-refractivity contribution >= 4 is 39.3 Å². The molecule has 0 fully saturated rings. The van der Waals surface area contributed by atoms with E-state index in [1.54, 1.807) is 18.3 Å². The maximum Gasteiger partial charge on any atom is 0.337 e. The number of hydrogen-bond acceptors (Lipinski definition) is 6. The molecule has 1 aromatic carbocycles. The van der Waals surface area contributed by atoms with Gasteiger partial charge in [0.25, 0.3) is 5.69 Å². The number of rotatable bonds is 4. The lowest BCUT2D eigenvalue weighted by atomic mass is 10.2. The van der Waals surface area contributed by atoms with Gasteiger partial charge in [-0.25, -0.2) is 9.78 Å². The minimum absolute atomic E-state index is 0.0924. The zero-order chi connectivity index (χ0) is 15.4. The maximum atomic E-state index is 11.5. The summed E-state index contributed by atoms with van der Waals surface area (Å²) in [7, 11) is 1.26. The Bertz CT molecular complexity index is 708. The Hall–Kier alpha value is -1.93. The van der Waals surface area contributed by atoms with E-state index in [0.29, 0.717) is 14.4 Å². The highest BCUT2D eigenvalue weighted by Crippen LogP contribution is 2.37. The number of carbonyl (C=O) groups is 1. The standard InChI is InChI=1S/C13H9BrN2O4S/c1-20-13(17)8-4-5-10(16(18)19)11(7-8)21-12-9(14)3-2-6-15-12/h2-7H,1H3. The van der Waals surface area contributed by atoms with Crippen LogP contribution >= 0.6 is 27.7 Å². The lowest BCUT2D eigenvalue weighted by molar-refractivity contribution is -0.387. The number of carbonyl (C=O) groups excluding carboxylic acids is 1. The molecular weight excluding hydrogens is 360 g/mol. The van der Waals surface area contributed by atoms with Gasteiger partial charge < -0.3 is 4.74 Å². The van der Waals surface area contributed by atoms with Gasteiger partial charge in [-0.1, -0.05) is 11.8 Å². The summed E-state index contributed by atoms with van der Waals surface area (Å²) in [5.74, 6) is -0.549. The number of nitro benzene ring substituents is 1. The Kier molecular flexibility index (Phi) is 4.92. The largest absolute Gasteiger partial charge is 0.465 e. The number of nitrogens with zero attached hydrogens (tertiary/aromatic N) is 2. The summed E-state index contributed by atoms with van der Waals surface area (Å²) in [5, 5.41) is 11.7. The minimum atomic E-state index is -0.549. The van der Waals surface area contributed by atoms with Crippen molar-refractivity contribution in [2.45, 2.75) is 9.92 Å². The molecule has 0 aliphatic rings. The molecule has 0 unspecified atom stereocenters. The van der Waals surface area contributed by atoms with Crippen LogP contribution in [0.5, 0.6) is 0 Å². The number of ether oxygens (including phenoxy) is 1. The van der Waals surface area contributed by atoms with Crippen molar-refractivity contribution in [2.24, 2.45) is 0 Å². The zero-order valence-corrected chi connectivity index (χ0v) is 13.2. The third kappa shape index (κ3) is 3.59. The van der Waals surface area contributed by atoms with Crippen molar-refractivity contribution in [3.63, 3.8) is 0 Å². The molecule has 2 rings (SSSR count). The molecule has 6 nitrogen and oxygen atoms in total. The lowest BCUT2D eigenvalue weighted by Crippen LogP contribution is -2.02. The van der Waals surface area contributed by atoms with Crippen LogP contribution in [0.15, 0.2) is 50.9 Å². The van der Waals surface area contributed by atoms with Crippen LogP contribution in [-0.4, -0.2) is 23.0 Å². The summed E-state index contributed by atoms with van der Waals surface area (Å²) in [6.45, 7) is 0. The fraction of sp³-hybridized carbons (Fsp3) is 0.0769. The molecule has 0 atom stereocenters. The first-order chi connectivity index (χ1) is 10.0. The van der Waals surface area contributed by atoms with E-state index in [4.69, 9.17) is 0 Å². The molecule has 0 amide bonds. The van der Waals surface area contributed by atoms with Gasteiger partial charge in [0.2, 0.25) is 0 Å². The van der Waals surface area contributed by atoms with Gasteiger partial charge in [0.1, 0.15) is 5.03 Å². The van der Waals surface area contributed by atoms with Crippen molar-refractivity contribution in [1.82, 2.24) is 4.98 Å². The number of esters is 1. The fourth-order valence-corrected chi connectivity index (χ4v) is 2.96. The highest BCUT2D eigenvalue weighted by Gasteiger charge is 2.19. The van der Waals surface area contributed by atoms with Gasteiger partial charge in [0.15, 0.2) is 0 Å². The number of hydrogen-bond donors (Lipinski definition) is 0. The maximum absolute atomic E-state index is 11.5. The summed E-state index contributed by atoms with van der Waals surface area (Å²) < 4.78 is 5.34. The van der Waals surface area contributed by atoms with Gasteiger partial charge in [-0.2, -0.15) is 0 Å². The summed E-state index contributed by atoms with van der Waals surface area (Å²) in [6.07, 6.45) is 1.59. The Balaban J connectivity index is 2.46. The third-order valence-electron chi connectivity index (χ3n) is 2.51. The summed E-state index contributed by atoms with van der Waals surface area (Å²) in [5.41, 5.74) is 0.155. The quantitative estimate of drug-likeness (QED) is 0.464. The Labute approximate surface area is 132 Å². The number of halogens is 1. The second-order valence-corrected chi connectivity index (χ2v) is 5.71. The van der Waals surface area contributed by atoms with Crippen LogP contribution in [0, 0.1) is 10.1 Å². The van der Waals surface area contributed by atoms with E-state index in [-0.39, 0.29) is 11.3 Å². The first-order valence-corrected chi connectivity index (χ1v) is 7.29. The average Bonchev–Trinajstić information content (AvgIpc) is 2.48. The van der Waals surface area contributed by atoms with Crippen molar-refractivity contribution in [2.75, 3.05) is 7.11 Å². The molecule has 8 heteroatoms. The lowest BCUT2D eigenvalue weighted by Gasteiger charge is -2.06. The van der Waals surface area contributed by atoms with Crippen LogP contribution in [-0.2, 0) is 4.74 Å². The summed E-state index contributed by atoms with van der Waals surface area (Å²) in [6, 6.07) is 7.60. The number of methoxy groups -OCH3 is 1. The van der Waals surface area contributed by atoms with Crippen LogP contribution in [0.1, 0.15) is 10.4 Å². The molecular formula is C13H9BrN2O4S. The molecule has 0 saturated carbocycles. The SMILES string of the molecule is COC(=O)c1ccc([N+](=O)[O-])c(Sc2ncccc2Br)c1. The van der Waals surface area contributed by atoms with Crippen LogP contribution < -0.4 is 0 Å². The predicted octanol–water partition coefficient (Wildman–Crippen LogP) is 3.69. The topological polar surface area (TPSA) is 82.3 Å². The van der Waals surface area contributed by atoms with Gasteiger partial charge in [0, 0.05) is 12.3 Å². The average molecular weight is 369 g/mol. The molecule has 0 N–H and O–H groups in total. The normalized spacial score (nSPS) is 10.2. The van der Waals surface area contributed by atoms with Crippen LogP contribution in [0.3, 0.4) is 0 Å². The number of nitro groups is 1. The van der Waals surface area contributed by atoms with E-state index in [1.807, 2.05) is 0 Å². The molecule has 0 spiro atoms. The van der Waals surface area contributed by atoms with Gasteiger partial charge in [-0.15, -0.1) is 0 Å². The highest BCUT2D eigenvalue weighted by molar-refractivity contribution is 9.10. The highest BCUT2D eigenvalue weighted by atomic mass is 79.9. The Morgan fingerprint density at radius 1 is 1.43 bits per heavy atom. The van der Waals surface area contributed by atoms with Crippen molar-refractivity contribution in [1.29, 1.82) is 0 Å². The summed E-state index contributed by atoms with van der Waals surface area (Å²) >= 11 is 4.44. The molecule has 21 heavy (non-hydrogen) atoms.